The van der Waals surface area contributed by atoms with Crippen molar-refractivity contribution in [2.75, 3.05) is 0 Å². The second kappa shape index (κ2) is 23.4. The molecule has 0 saturated carbocycles. The summed E-state index contributed by atoms with van der Waals surface area (Å²) in [5.74, 6) is 0. The lowest BCUT2D eigenvalue weighted by molar-refractivity contribution is 0.579. The molecule has 2 unspecified atom stereocenters. The number of hydrogen-bond donors (Lipinski definition) is 0. The molecule has 0 N–H and O–H groups in total. The summed E-state index contributed by atoms with van der Waals surface area (Å²) in [5.41, 5.74) is 2.48. The molecule has 0 heterocycles. The number of unbranched alkanes of at least 4 members (excludes halogenated alkanes) is 15. The second-order valence-corrected chi connectivity index (χ2v) is 9.94. The van der Waals surface area contributed by atoms with Crippen LogP contribution in [0.2, 0.25) is 0 Å². The number of hydrogen-bond acceptors (Lipinski definition) is 0. The Morgan fingerprint density at radius 1 is 0.536 bits per heavy atom. The van der Waals surface area contributed by atoms with Crippen LogP contribution in [0.1, 0.15) is 156 Å². The maximum atomic E-state index is 3.14. The zero-order valence-electron chi connectivity index (χ0n) is 20.1. The first-order chi connectivity index (χ1) is 13.7. The molecule has 0 aliphatic rings. The third kappa shape index (κ3) is 20.9. The van der Waals surface area contributed by atoms with Crippen molar-refractivity contribution in [1.82, 2.24) is 0 Å². The van der Waals surface area contributed by atoms with Gasteiger partial charge in [0.1, 0.15) is 0 Å². The van der Waals surface area contributed by atoms with Crippen molar-refractivity contribution in [2.24, 2.45) is 0 Å². The van der Waals surface area contributed by atoms with Crippen molar-refractivity contribution in [3.8, 4) is 0 Å². The van der Waals surface area contributed by atoms with Crippen LogP contribution in [0.25, 0.3) is 0 Å². The summed E-state index contributed by atoms with van der Waals surface area (Å²) in [5, 5.41) is 0. The van der Waals surface area contributed by atoms with Gasteiger partial charge in [0.25, 0.3) is 0 Å². The summed E-state index contributed by atoms with van der Waals surface area (Å²) in [6.45, 7) is 6.92. The number of rotatable bonds is 22. The molecule has 0 spiro atoms. The van der Waals surface area contributed by atoms with Crippen molar-refractivity contribution >= 4 is 9.24 Å². The van der Waals surface area contributed by atoms with Gasteiger partial charge in [-0.05, 0) is 37.8 Å². The molecule has 0 aromatic carbocycles. The average Bonchev–Trinajstić information content (AvgIpc) is 2.69. The molecule has 0 bridgehead atoms. The van der Waals surface area contributed by atoms with Crippen LogP contribution in [0.4, 0.5) is 0 Å². The lowest BCUT2D eigenvalue weighted by Crippen LogP contribution is -1.97. The first kappa shape index (κ1) is 28.2. The fourth-order valence-electron chi connectivity index (χ4n) is 4.10. The van der Waals surface area contributed by atoms with Crippen molar-refractivity contribution in [3.63, 3.8) is 0 Å². The molecule has 2 atom stereocenters. The minimum atomic E-state index is 0.710. The smallest absolute Gasteiger partial charge is 0.00830 e. The highest BCUT2D eigenvalue weighted by atomic mass is 31.0. The molecule has 0 radical (unpaired) electrons. The van der Waals surface area contributed by atoms with Gasteiger partial charge in [-0.25, -0.2) is 0 Å². The minimum Gasteiger partial charge on any atom is -0.130 e. The van der Waals surface area contributed by atoms with Gasteiger partial charge < -0.3 is 0 Å². The Hall–Kier alpha value is 0.170. The third-order valence-electron chi connectivity index (χ3n) is 6.04. The molecular weight excluding hydrogens is 355 g/mol. The molecule has 0 amide bonds. The summed E-state index contributed by atoms with van der Waals surface area (Å²) in [4.78, 5) is 0. The van der Waals surface area contributed by atoms with E-state index in [0.717, 1.165) is 0 Å². The summed E-state index contributed by atoms with van der Waals surface area (Å²) in [7, 11) is 3.14. The lowest BCUT2D eigenvalue weighted by atomic mass is 9.97. The van der Waals surface area contributed by atoms with E-state index in [-0.39, 0.29) is 0 Å². The highest BCUT2D eigenvalue weighted by Gasteiger charge is 2.04. The molecule has 0 saturated heterocycles. The van der Waals surface area contributed by atoms with Gasteiger partial charge in [-0.3, -0.25) is 0 Å². The van der Waals surface area contributed by atoms with Crippen molar-refractivity contribution < 1.29 is 0 Å². The van der Waals surface area contributed by atoms with E-state index in [1.807, 2.05) is 0 Å². The average molecular weight is 411 g/mol. The van der Waals surface area contributed by atoms with E-state index < -0.39 is 0 Å². The third-order valence-corrected chi connectivity index (χ3v) is 6.57. The van der Waals surface area contributed by atoms with Crippen LogP contribution in [-0.2, 0) is 0 Å². The van der Waals surface area contributed by atoms with Gasteiger partial charge in [0, 0.05) is 0 Å². The van der Waals surface area contributed by atoms with Crippen LogP contribution in [0, 0.1) is 0 Å². The monoisotopic (exact) mass is 410 g/mol. The van der Waals surface area contributed by atoms with E-state index in [9.17, 15) is 0 Å². The maximum absolute atomic E-state index is 3.14. The van der Waals surface area contributed by atoms with Gasteiger partial charge in [-0.1, -0.05) is 135 Å². The molecule has 0 fully saturated rings. The van der Waals surface area contributed by atoms with E-state index in [4.69, 9.17) is 0 Å². The van der Waals surface area contributed by atoms with E-state index in [2.05, 4.69) is 36.1 Å². The largest absolute Gasteiger partial charge is 0.130 e. The Balaban J connectivity index is 4.13. The summed E-state index contributed by atoms with van der Waals surface area (Å²) >= 11 is 0. The molecule has 0 aliphatic carbocycles. The fraction of sp³-hybridized carbons (Fsp3) is 0.926. The van der Waals surface area contributed by atoms with Gasteiger partial charge in [0.05, 0.1) is 0 Å². The predicted molar refractivity (Wildman–Crippen MR) is 136 cm³/mol. The highest BCUT2D eigenvalue weighted by Crippen LogP contribution is 2.23. The SMILES string of the molecule is CCCCCCCCC(=CC(P)CCCCCCCC)CCCCCCCC. The normalized spacial score (nSPS) is 12.3. The first-order valence-electron chi connectivity index (χ1n) is 13.2. The van der Waals surface area contributed by atoms with Crippen LogP contribution in [0.5, 0.6) is 0 Å². The molecule has 0 aromatic rings. The highest BCUT2D eigenvalue weighted by molar-refractivity contribution is 7.17. The van der Waals surface area contributed by atoms with Gasteiger partial charge >= 0.3 is 0 Å². The van der Waals surface area contributed by atoms with Crippen molar-refractivity contribution in [1.29, 1.82) is 0 Å². The van der Waals surface area contributed by atoms with Crippen LogP contribution in [0.15, 0.2) is 11.6 Å². The summed E-state index contributed by atoms with van der Waals surface area (Å²) in [6.07, 6.45) is 32.3. The predicted octanol–water partition coefficient (Wildman–Crippen LogP) is 10.4. The van der Waals surface area contributed by atoms with Crippen LogP contribution in [-0.4, -0.2) is 5.66 Å². The zero-order valence-corrected chi connectivity index (χ0v) is 21.2. The Morgan fingerprint density at radius 2 is 0.893 bits per heavy atom. The molecule has 1 heteroatoms. The Bertz CT molecular complexity index is 302. The van der Waals surface area contributed by atoms with E-state index in [1.54, 1.807) is 5.57 Å². The summed E-state index contributed by atoms with van der Waals surface area (Å²) < 4.78 is 0. The van der Waals surface area contributed by atoms with Crippen LogP contribution in [0.3, 0.4) is 0 Å². The summed E-state index contributed by atoms with van der Waals surface area (Å²) in [6, 6.07) is 0. The molecule has 0 aromatic heterocycles. The molecular formula is C27H55P. The van der Waals surface area contributed by atoms with Gasteiger partial charge in [0.2, 0.25) is 0 Å². The molecule has 168 valence electrons. The molecule has 0 aliphatic heterocycles. The maximum Gasteiger partial charge on any atom is -0.00830 e. The van der Waals surface area contributed by atoms with E-state index >= 15 is 0 Å². The second-order valence-electron chi connectivity index (χ2n) is 9.08. The van der Waals surface area contributed by atoms with Gasteiger partial charge in [-0.2, -0.15) is 0 Å². The van der Waals surface area contributed by atoms with E-state index in [1.165, 1.54) is 135 Å². The van der Waals surface area contributed by atoms with Gasteiger partial charge in [0.15, 0.2) is 0 Å². The van der Waals surface area contributed by atoms with Crippen molar-refractivity contribution in [3.05, 3.63) is 11.6 Å². The minimum absolute atomic E-state index is 0.710. The Labute approximate surface area is 182 Å². The zero-order chi connectivity index (χ0) is 20.7. The molecule has 28 heavy (non-hydrogen) atoms. The van der Waals surface area contributed by atoms with E-state index in [0.29, 0.717) is 5.66 Å². The fourth-order valence-corrected chi connectivity index (χ4v) is 4.61. The van der Waals surface area contributed by atoms with Gasteiger partial charge in [-0.15, -0.1) is 9.24 Å². The topological polar surface area (TPSA) is 0 Å². The Morgan fingerprint density at radius 3 is 1.32 bits per heavy atom. The quantitative estimate of drug-likeness (QED) is 0.0945. The molecule has 0 nitrogen and oxygen atoms in total. The first-order valence-corrected chi connectivity index (χ1v) is 13.9. The van der Waals surface area contributed by atoms with Crippen LogP contribution < -0.4 is 0 Å². The molecule has 0 rings (SSSR count). The lowest BCUT2D eigenvalue weighted by Gasteiger charge is -2.13. The van der Waals surface area contributed by atoms with Crippen LogP contribution >= 0.6 is 9.24 Å². The number of allylic oxidation sites excluding steroid dienone is 2. The Kier molecular flexibility index (Phi) is 23.6. The van der Waals surface area contributed by atoms with Crippen molar-refractivity contribution in [2.45, 2.75) is 161 Å². The standard InChI is InChI=1S/C27H55P/c1-4-7-10-13-16-19-22-26(23-20-17-14-11-8-5-2)25-27(28)24-21-18-15-12-9-6-3/h25,27H,4-24,28H2,1-3H3.